The molecule has 0 spiro atoms. The van der Waals surface area contributed by atoms with Crippen LogP contribution in [-0.2, 0) is 16.1 Å². The van der Waals surface area contributed by atoms with Gasteiger partial charge in [0.1, 0.15) is 25.7 Å². The summed E-state index contributed by atoms with van der Waals surface area (Å²) in [7, 11) is 0. The van der Waals surface area contributed by atoms with Crippen LogP contribution in [0.5, 0.6) is 0 Å². The first-order valence-corrected chi connectivity index (χ1v) is 9.87. The molecule has 1 saturated heterocycles. The molecule has 2 aromatic carbocycles. The van der Waals surface area contributed by atoms with Crippen molar-refractivity contribution in [2.45, 2.75) is 19.5 Å². The molecule has 5 nitrogen and oxygen atoms in total. The predicted octanol–water partition coefficient (Wildman–Crippen LogP) is 1.02. The number of amides is 1. The average Bonchev–Trinajstić information content (AvgIpc) is 2.69. The van der Waals surface area contributed by atoms with Crippen molar-refractivity contribution in [2.24, 2.45) is 0 Å². The second-order valence-corrected chi connectivity index (χ2v) is 7.44. The second-order valence-electron chi connectivity index (χ2n) is 7.03. The van der Waals surface area contributed by atoms with Crippen molar-refractivity contribution < 1.29 is 19.7 Å². The summed E-state index contributed by atoms with van der Waals surface area (Å²) in [4.78, 5) is 13.8. The Labute approximate surface area is 165 Å². The molecule has 144 valence electrons. The van der Waals surface area contributed by atoms with E-state index in [0.717, 1.165) is 49.1 Å². The Bertz CT molecular complexity index is 745. The molecule has 0 saturated carbocycles. The van der Waals surface area contributed by atoms with E-state index in [1.165, 1.54) is 5.56 Å². The monoisotopic (exact) mass is 389 g/mol. The third-order valence-corrected chi connectivity index (χ3v) is 5.29. The number of rotatable bonds is 7. The number of ether oxygens (including phenoxy) is 1. The molecule has 1 fully saturated rings. The summed E-state index contributed by atoms with van der Waals surface area (Å²) in [5.41, 5.74) is 3.16. The lowest BCUT2D eigenvalue weighted by Gasteiger charge is -2.23. The molecular formula is C21H28ClN3O2+2. The first-order valence-electron chi connectivity index (χ1n) is 9.49. The normalized spacial score (nSPS) is 16.1. The van der Waals surface area contributed by atoms with E-state index in [9.17, 15) is 4.79 Å². The topological polar surface area (TPSA) is 59.4 Å². The molecule has 27 heavy (non-hydrogen) atoms. The standard InChI is InChI=1S/C21H26ClN3O2/c1-16(19-4-2-3-5-20(19)22)23-14-21(26)24-18-8-6-17(7-9-18)15-25-10-12-27-13-11-25/h2-9,16,23H,10-15H2,1H3,(H,24,26)/p+2/t16-/m0/s1. The van der Waals surface area contributed by atoms with Crippen LogP contribution in [0.2, 0.25) is 5.02 Å². The third-order valence-electron chi connectivity index (χ3n) is 4.94. The highest BCUT2D eigenvalue weighted by Crippen LogP contribution is 2.19. The summed E-state index contributed by atoms with van der Waals surface area (Å²) in [6.45, 7) is 7.19. The summed E-state index contributed by atoms with van der Waals surface area (Å²) < 4.78 is 5.40. The van der Waals surface area contributed by atoms with Crippen LogP contribution < -0.4 is 15.5 Å². The number of carbonyl (C=O) groups excluding carboxylic acids is 1. The minimum Gasteiger partial charge on any atom is -0.370 e. The van der Waals surface area contributed by atoms with Crippen molar-refractivity contribution in [2.75, 3.05) is 38.2 Å². The Morgan fingerprint density at radius 3 is 2.59 bits per heavy atom. The number of quaternary nitrogens is 2. The molecule has 0 aromatic heterocycles. The number of benzene rings is 2. The van der Waals surface area contributed by atoms with E-state index in [1.54, 1.807) is 4.90 Å². The lowest BCUT2D eigenvalue weighted by molar-refractivity contribution is -0.921. The van der Waals surface area contributed by atoms with Crippen molar-refractivity contribution in [1.82, 2.24) is 0 Å². The zero-order valence-corrected chi connectivity index (χ0v) is 16.5. The van der Waals surface area contributed by atoms with Gasteiger partial charge < -0.3 is 20.3 Å². The number of carbonyl (C=O) groups is 1. The van der Waals surface area contributed by atoms with Crippen LogP contribution >= 0.6 is 11.6 Å². The molecule has 0 aliphatic carbocycles. The highest BCUT2D eigenvalue weighted by atomic mass is 35.5. The molecule has 1 aliphatic heterocycles. The molecule has 4 N–H and O–H groups in total. The molecule has 0 radical (unpaired) electrons. The molecule has 1 aliphatic rings. The van der Waals surface area contributed by atoms with Crippen LogP contribution in [0.1, 0.15) is 24.1 Å². The van der Waals surface area contributed by atoms with Crippen LogP contribution in [0.4, 0.5) is 5.69 Å². The van der Waals surface area contributed by atoms with Crippen molar-refractivity contribution in [3.63, 3.8) is 0 Å². The summed E-state index contributed by atoms with van der Waals surface area (Å²) in [6, 6.07) is 16.0. The molecule has 0 bridgehead atoms. The molecule has 1 heterocycles. The van der Waals surface area contributed by atoms with Crippen molar-refractivity contribution in [1.29, 1.82) is 0 Å². The van der Waals surface area contributed by atoms with Crippen LogP contribution in [0, 0.1) is 0 Å². The number of nitrogens with one attached hydrogen (secondary N) is 2. The fraction of sp³-hybridized carbons (Fsp3) is 0.381. The van der Waals surface area contributed by atoms with E-state index in [4.69, 9.17) is 16.3 Å². The van der Waals surface area contributed by atoms with Gasteiger partial charge in [-0.1, -0.05) is 41.9 Å². The lowest BCUT2D eigenvalue weighted by atomic mass is 10.1. The number of hydrogen-bond acceptors (Lipinski definition) is 2. The van der Waals surface area contributed by atoms with Crippen molar-refractivity contribution in [3.05, 3.63) is 64.7 Å². The SMILES string of the molecule is C[C@H]([NH2+]CC(=O)Nc1ccc(C[NH+]2CCOCC2)cc1)c1ccccc1Cl. The van der Waals surface area contributed by atoms with E-state index in [2.05, 4.69) is 24.4 Å². The number of anilines is 1. The molecule has 6 heteroatoms. The molecule has 2 aromatic rings. The van der Waals surface area contributed by atoms with Gasteiger partial charge in [0.05, 0.1) is 13.2 Å². The highest BCUT2D eigenvalue weighted by Gasteiger charge is 2.15. The molecule has 3 rings (SSSR count). The van der Waals surface area contributed by atoms with Gasteiger partial charge in [0.25, 0.3) is 5.91 Å². The maximum Gasteiger partial charge on any atom is 0.279 e. The minimum atomic E-state index is -0.0135. The van der Waals surface area contributed by atoms with Gasteiger partial charge in [-0.2, -0.15) is 0 Å². The van der Waals surface area contributed by atoms with E-state index in [-0.39, 0.29) is 11.9 Å². The van der Waals surface area contributed by atoms with Gasteiger partial charge in [-0.3, -0.25) is 4.79 Å². The van der Waals surface area contributed by atoms with Crippen molar-refractivity contribution >= 4 is 23.2 Å². The maximum atomic E-state index is 12.2. The quantitative estimate of drug-likeness (QED) is 0.662. The van der Waals surface area contributed by atoms with Crippen LogP contribution in [0.3, 0.4) is 0 Å². The van der Waals surface area contributed by atoms with Crippen molar-refractivity contribution in [3.8, 4) is 0 Å². The van der Waals surface area contributed by atoms with Gasteiger partial charge in [0, 0.05) is 21.8 Å². The predicted molar refractivity (Wildman–Crippen MR) is 107 cm³/mol. The zero-order valence-electron chi connectivity index (χ0n) is 15.7. The number of halogens is 1. The van der Waals surface area contributed by atoms with E-state index < -0.39 is 0 Å². The largest absolute Gasteiger partial charge is 0.370 e. The maximum absolute atomic E-state index is 12.2. The Morgan fingerprint density at radius 2 is 1.89 bits per heavy atom. The Balaban J connectivity index is 1.45. The van der Waals surface area contributed by atoms with E-state index in [1.807, 2.05) is 41.7 Å². The Morgan fingerprint density at radius 1 is 1.19 bits per heavy atom. The second kappa shape index (κ2) is 9.85. The summed E-state index contributed by atoms with van der Waals surface area (Å²) in [6.07, 6.45) is 0. The van der Waals surface area contributed by atoms with E-state index >= 15 is 0 Å². The van der Waals surface area contributed by atoms with E-state index in [0.29, 0.717) is 6.54 Å². The molecule has 0 unspecified atom stereocenters. The van der Waals surface area contributed by atoms with Crippen LogP contribution in [0.25, 0.3) is 0 Å². The zero-order chi connectivity index (χ0) is 19.1. The van der Waals surface area contributed by atoms with Gasteiger partial charge >= 0.3 is 0 Å². The average molecular weight is 390 g/mol. The first-order chi connectivity index (χ1) is 13.1. The third kappa shape index (κ3) is 6.04. The lowest BCUT2D eigenvalue weighted by Crippen LogP contribution is -3.12. The first kappa shape index (κ1) is 19.8. The Hall–Kier alpha value is -1.92. The fourth-order valence-electron chi connectivity index (χ4n) is 3.30. The molecule has 1 atom stereocenters. The van der Waals surface area contributed by atoms with Gasteiger partial charge in [-0.15, -0.1) is 0 Å². The summed E-state index contributed by atoms with van der Waals surface area (Å²) >= 11 is 6.22. The summed E-state index contributed by atoms with van der Waals surface area (Å²) in [5.74, 6) is -0.0135. The van der Waals surface area contributed by atoms with Gasteiger partial charge in [-0.25, -0.2) is 0 Å². The van der Waals surface area contributed by atoms with Crippen LogP contribution in [0.15, 0.2) is 48.5 Å². The minimum absolute atomic E-state index is 0.0135. The smallest absolute Gasteiger partial charge is 0.279 e. The van der Waals surface area contributed by atoms with Gasteiger partial charge in [0.15, 0.2) is 6.54 Å². The summed E-state index contributed by atoms with van der Waals surface area (Å²) in [5, 5.41) is 5.69. The highest BCUT2D eigenvalue weighted by molar-refractivity contribution is 6.31. The fourth-order valence-corrected chi connectivity index (χ4v) is 3.61. The van der Waals surface area contributed by atoms with Gasteiger partial charge in [-0.05, 0) is 25.1 Å². The number of morpholine rings is 1. The van der Waals surface area contributed by atoms with Gasteiger partial charge in [0.2, 0.25) is 0 Å². The molecular weight excluding hydrogens is 362 g/mol. The number of nitrogens with two attached hydrogens (primary N) is 1. The van der Waals surface area contributed by atoms with Crippen LogP contribution in [-0.4, -0.2) is 38.8 Å². The number of hydrogen-bond donors (Lipinski definition) is 3. The molecule has 1 amide bonds. The Kier molecular flexibility index (Phi) is 7.24.